The molecule has 6 nitrogen and oxygen atoms in total. The summed E-state index contributed by atoms with van der Waals surface area (Å²) in [6, 6.07) is 7.48. The molecule has 0 radical (unpaired) electrons. The molecule has 1 aromatic carbocycles. The van der Waals surface area contributed by atoms with E-state index < -0.39 is 0 Å². The normalized spacial score (nSPS) is 15.3. The number of ether oxygens (including phenoxy) is 1. The molecule has 0 N–H and O–H groups in total. The molecule has 0 aliphatic heterocycles. The predicted molar refractivity (Wildman–Crippen MR) is 107 cm³/mol. The third-order valence-electron chi connectivity index (χ3n) is 5.04. The fourth-order valence-corrected chi connectivity index (χ4v) is 4.69. The molecule has 0 unspecified atom stereocenters. The van der Waals surface area contributed by atoms with E-state index in [0.717, 1.165) is 28.3 Å². The number of benzene rings is 1. The lowest BCUT2D eigenvalue weighted by Gasteiger charge is -2.20. The fourth-order valence-electron chi connectivity index (χ4n) is 3.58. The Bertz CT molecular complexity index is 958. The maximum atomic E-state index is 12.9. The summed E-state index contributed by atoms with van der Waals surface area (Å²) in [5.41, 5.74) is 0.974. The molecule has 27 heavy (non-hydrogen) atoms. The minimum absolute atomic E-state index is 0.168. The van der Waals surface area contributed by atoms with Crippen molar-refractivity contribution in [3.63, 3.8) is 0 Å². The van der Waals surface area contributed by atoms with E-state index in [0.29, 0.717) is 12.3 Å². The van der Waals surface area contributed by atoms with Gasteiger partial charge in [-0.3, -0.25) is 13.8 Å². The second kappa shape index (κ2) is 8.17. The van der Waals surface area contributed by atoms with Crippen molar-refractivity contribution < 1.29 is 4.74 Å². The van der Waals surface area contributed by atoms with Crippen molar-refractivity contribution in [1.29, 1.82) is 0 Å². The number of hydrogen-bond donors (Lipinski definition) is 0. The van der Waals surface area contributed by atoms with Gasteiger partial charge in [-0.15, -0.1) is 10.2 Å². The zero-order valence-electron chi connectivity index (χ0n) is 15.5. The van der Waals surface area contributed by atoms with Crippen LogP contribution >= 0.6 is 11.8 Å². The van der Waals surface area contributed by atoms with Gasteiger partial charge in [0.2, 0.25) is 5.65 Å². The van der Waals surface area contributed by atoms with Gasteiger partial charge >= 0.3 is 5.56 Å². The van der Waals surface area contributed by atoms with Crippen LogP contribution in [0.3, 0.4) is 0 Å². The zero-order chi connectivity index (χ0) is 18.6. The fraction of sp³-hybridized carbons (Fsp3) is 0.450. The Hall–Kier alpha value is -2.28. The van der Waals surface area contributed by atoms with Crippen molar-refractivity contribution in [3.05, 3.63) is 47.0 Å². The van der Waals surface area contributed by atoms with E-state index in [4.69, 9.17) is 4.74 Å². The molecule has 0 bridgehead atoms. The van der Waals surface area contributed by atoms with E-state index in [1.165, 1.54) is 32.1 Å². The molecule has 0 saturated heterocycles. The molecule has 3 aromatic rings. The molecule has 1 aliphatic rings. The minimum Gasteiger partial charge on any atom is -0.494 e. The molecule has 7 heteroatoms. The lowest BCUT2D eigenvalue weighted by Crippen LogP contribution is -2.20. The standard InChI is InChI=1S/C20H24N4O2S/c1-2-26-17-10-8-16(9-11-17)23-12-13-24-18(19(23)25)21-22-20(24)27-14-15-6-4-3-5-7-15/h8-13,15H,2-7,14H2,1H3. The summed E-state index contributed by atoms with van der Waals surface area (Å²) in [6.45, 7) is 2.56. The van der Waals surface area contributed by atoms with E-state index in [1.807, 2.05) is 37.4 Å². The van der Waals surface area contributed by atoms with Gasteiger partial charge in [-0.2, -0.15) is 0 Å². The quantitative estimate of drug-likeness (QED) is 0.602. The van der Waals surface area contributed by atoms with E-state index in [1.54, 1.807) is 26.9 Å². The van der Waals surface area contributed by atoms with Crippen molar-refractivity contribution in [1.82, 2.24) is 19.2 Å². The zero-order valence-corrected chi connectivity index (χ0v) is 16.3. The molecule has 4 rings (SSSR count). The van der Waals surface area contributed by atoms with Crippen molar-refractivity contribution in [2.75, 3.05) is 12.4 Å². The first-order valence-electron chi connectivity index (χ1n) is 9.58. The second-order valence-electron chi connectivity index (χ2n) is 6.89. The van der Waals surface area contributed by atoms with Crippen LogP contribution in [0.2, 0.25) is 0 Å². The molecular formula is C20H24N4O2S. The Balaban J connectivity index is 1.56. The Morgan fingerprint density at radius 2 is 1.89 bits per heavy atom. The number of hydrogen-bond acceptors (Lipinski definition) is 5. The van der Waals surface area contributed by atoms with Crippen LogP contribution < -0.4 is 10.3 Å². The van der Waals surface area contributed by atoms with Gasteiger partial charge in [0.1, 0.15) is 5.75 Å². The second-order valence-corrected chi connectivity index (χ2v) is 7.88. The Kier molecular flexibility index (Phi) is 5.48. The first kappa shape index (κ1) is 18.1. The van der Waals surface area contributed by atoms with E-state index in [9.17, 15) is 4.79 Å². The molecule has 2 aromatic heterocycles. The summed E-state index contributed by atoms with van der Waals surface area (Å²) in [7, 11) is 0. The number of nitrogens with zero attached hydrogens (tertiary/aromatic N) is 4. The first-order chi connectivity index (χ1) is 13.3. The molecule has 142 valence electrons. The highest BCUT2D eigenvalue weighted by molar-refractivity contribution is 7.99. The van der Waals surface area contributed by atoms with E-state index >= 15 is 0 Å². The number of thioether (sulfide) groups is 1. The molecule has 1 fully saturated rings. The van der Waals surface area contributed by atoms with Gasteiger partial charge in [0.15, 0.2) is 5.16 Å². The van der Waals surface area contributed by atoms with Crippen molar-refractivity contribution in [2.45, 2.75) is 44.2 Å². The molecule has 0 spiro atoms. The number of fused-ring (bicyclic) bond motifs is 1. The molecule has 0 amide bonds. The SMILES string of the molecule is CCOc1ccc(-n2ccn3c(SCC4CCCCC4)nnc3c2=O)cc1. The Morgan fingerprint density at radius 3 is 2.63 bits per heavy atom. The third kappa shape index (κ3) is 3.88. The lowest BCUT2D eigenvalue weighted by atomic mass is 9.91. The summed E-state index contributed by atoms with van der Waals surface area (Å²) in [5, 5.41) is 9.20. The summed E-state index contributed by atoms with van der Waals surface area (Å²) in [4.78, 5) is 12.9. The van der Waals surface area contributed by atoms with Gasteiger partial charge in [-0.25, -0.2) is 0 Å². The highest BCUT2D eigenvalue weighted by Gasteiger charge is 2.17. The van der Waals surface area contributed by atoms with Crippen molar-refractivity contribution in [3.8, 4) is 11.4 Å². The monoisotopic (exact) mass is 384 g/mol. The summed E-state index contributed by atoms with van der Waals surface area (Å²) >= 11 is 1.71. The van der Waals surface area contributed by atoms with Gasteiger partial charge in [-0.05, 0) is 49.9 Å². The number of rotatable bonds is 6. The average molecular weight is 385 g/mol. The van der Waals surface area contributed by atoms with Gasteiger partial charge in [0.05, 0.1) is 6.61 Å². The summed E-state index contributed by atoms with van der Waals surface area (Å²) in [6.07, 6.45) is 10.3. The molecule has 0 atom stereocenters. The molecule has 2 heterocycles. The van der Waals surface area contributed by atoms with Crippen molar-refractivity contribution in [2.24, 2.45) is 5.92 Å². The topological polar surface area (TPSA) is 61.4 Å². The minimum atomic E-state index is -0.168. The highest BCUT2D eigenvalue weighted by atomic mass is 32.2. The van der Waals surface area contributed by atoms with Crippen LogP contribution in [0.5, 0.6) is 5.75 Å². The van der Waals surface area contributed by atoms with Crippen LogP contribution in [0.1, 0.15) is 39.0 Å². The maximum Gasteiger partial charge on any atom is 0.300 e. The Morgan fingerprint density at radius 1 is 1.11 bits per heavy atom. The van der Waals surface area contributed by atoms with Gasteiger partial charge in [0.25, 0.3) is 0 Å². The molecular weight excluding hydrogens is 360 g/mol. The molecule has 1 aliphatic carbocycles. The van der Waals surface area contributed by atoms with Crippen LogP contribution in [0.15, 0.2) is 46.6 Å². The maximum absolute atomic E-state index is 12.9. The van der Waals surface area contributed by atoms with Crippen LogP contribution in [-0.4, -0.2) is 31.5 Å². The predicted octanol–water partition coefficient (Wildman–Crippen LogP) is 3.95. The largest absolute Gasteiger partial charge is 0.494 e. The van der Waals surface area contributed by atoms with Gasteiger partial charge in [-0.1, -0.05) is 31.0 Å². The summed E-state index contributed by atoms with van der Waals surface area (Å²) in [5.74, 6) is 2.59. The van der Waals surface area contributed by atoms with Gasteiger partial charge in [0, 0.05) is 23.8 Å². The Labute approximate surface area is 162 Å². The van der Waals surface area contributed by atoms with E-state index in [2.05, 4.69) is 10.2 Å². The highest BCUT2D eigenvalue weighted by Crippen LogP contribution is 2.29. The van der Waals surface area contributed by atoms with Crippen LogP contribution in [-0.2, 0) is 0 Å². The smallest absolute Gasteiger partial charge is 0.300 e. The number of aromatic nitrogens is 4. The van der Waals surface area contributed by atoms with Crippen LogP contribution in [0.4, 0.5) is 0 Å². The van der Waals surface area contributed by atoms with Crippen molar-refractivity contribution >= 4 is 17.4 Å². The van der Waals surface area contributed by atoms with E-state index in [-0.39, 0.29) is 5.56 Å². The van der Waals surface area contributed by atoms with Crippen LogP contribution in [0, 0.1) is 5.92 Å². The summed E-state index contributed by atoms with van der Waals surface area (Å²) < 4.78 is 8.86. The van der Waals surface area contributed by atoms with Gasteiger partial charge < -0.3 is 4.74 Å². The molecule has 1 saturated carbocycles. The average Bonchev–Trinajstić information content (AvgIpc) is 3.13. The van der Waals surface area contributed by atoms with Crippen LogP contribution in [0.25, 0.3) is 11.3 Å². The first-order valence-corrected chi connectivity index (χ1v) is 10.6. The third-order valence-corrected chi connectivity index (χ3v) is 6.21. The lowest BCUT2D eigenvalue weighted by molar-refractivity contribution is 0.340.